The molecule has 0 saturated carbocycles. The number of alkyl halides is 3. The van der Waals surface area contributed by atoms with E-state index in [1.165, 1.54) is 19.3 Å². The van der Waals surface area contributed by atoms with Crippen molar-refractivity contribution in [1.29, 1.82) is 0 Å². The number of hydrogen-bond donors (Lipinski definition) is 2. The second kappa shape index (κ2) is 7.20. The molecular weight excluding hydrogens is 325 g/mol. The third kappa shape index (κ3) is 4.87. The minimum Gasteiger partial charge on any atom is -0.469 e. The van der Waals surface area contributed by atoms with Crippen LogP contribution in [0, 0.1) is 0 Å². The van der Waals surface area contributed by atoms with Crippen molar-refractivity contribution in [2.75, 3.05) is 10.6 Å². The minimum atomic E-state index is -4.67. The van der Waals surface area contributed by atoms with E-state index in [2.05, 4.69) is 10.6 Å². The molecule has 2 aromatic rings. The summed E-state index contributed by atoms with van der Waals surface area (Å²) in [6, 6.07) is 6.52. The van der Waals surface area contributed by atoms with Gasteiger partial charge in [-0.1, -0.05) is 0 Å². The van der Waals surface area contributed by atoms with Crippen molar-refractivity contribution in [3.63, 3.8) is 0 Å². The lowest BCUT2D eigenvalue weighted by Crippen LogP contribution is -2.17. The second-order valence-electron chi connectivity index (χ2n) is 5.07. The number of carbonyl (C=O) groups excluding carboxylic acids is 2. The molecule has 0 aliphatic heterocycles. The minimum absolute atomic E-state index is 0.00316. The highest BCUT2D eigenvalue weighted by Crippen LogP contribution is 2.36. The summed E-state index contributed by atoms with van der Waals surface area (Å²) >= 11 is 0. The van der Waals surface area contributed by atoms with Gasteiger partial charge in [0.1, 0.15) is 5.76 Å². The van der Waals surface area contributed by atoms with E-state index in [0.29, 0.717) is 5.76 Å². The van der Waals surface area contributed by atoms with Crippen molar-refractivity contribution in [2.24, 2.45) is 0 Å². The number of carbonyl (C=O) groups is 2. The van der Waals surface area contributed by atoms with Crippen LogP contribution in [0.4, 0.5) is 24.5 Å². The normalized spacial score (nSPS) is 11.2. The molecule has 0 bridgehead atoms. The molecule has 1 aromatic heterocycles. The number of rotatable bonds is 5. The van der Waals surface area contributed by atoms with Crippen molar-refractivity contribution < 1.29 is 27.2 Å². The van der Waals surface area contributed by atoms with E-state index in [0.717, 1.165) is 12.1 Å². The van der Waals surface area contributed by atoms with Crippen LogP contribution in [-0.2, 0) is 22.2 Å². The Morgan fingerprint density at radius 3 is 2.50 bits per heavy atom. The summed E-state index contributed by atoms with van der Waals surface area (Å²) in [5, 5.41) is 4.52. The molecule has 0 fully saturated rings. The number of amides is 2. The molecule has 0 unspecified atom stereocenters. The fourth-order valence-corrected chi connectivity index (χ4v) is 2.07. The topological polar surface area (TPSA) is 71.3 Å². The Hall–Kier alpha value is -2.77. The molecule has 0 aliphatic carbocycles. The van der Waals surface area contributed by atoms with E-state index in [4.69, 9.17) is 4.42 Å². The lowest BCUT2D eigenvalue weighted by Gasteiger charge is -2.15. The molecular formula is C16H15F3N2O3. The molecule has 24 heavy (non-hydrogen) atoms. The predicted molar refractivity (Wildman–Crippen MR) is 81.4 cm³/mol. The molecule has 0 spiro atoms. The van der Waals surface area contributed by atoms with Gasteiger partial charge in [-0.2, -0.15) is 13.2 Å². The van der Waals surface area contributed by atoms with Crippen molar-refractivity contribution in [1.82, 2.24) is 0 Å². The number of halogens is 3. The maximum Gasteiger partial charge on any atom is 0.418 e. The summed E-state index contributed by atoms with van der Waals surface area (Å²) < 4.78 is 44.5. The van der Waals surface area contributed by atoms with Crippen molar-refractivity contribution in [2.45, 2.75) is 25.9 Å². The first-order valence-corrected chi connectivity index (χ1v) is 7.07. The number of aryl methyl sites for hydroxylation is 1. The molecule has 1 heterocycles. The molecule has 0 aliphatic rings. The highest BCUT2D eigenvalue weighted by molar-refractivity contribution is 5.93. The highest BCUT2D eigenvalue weighted by Gasteiger charge is 2.34. The summed E-state index contributed by atoms with van der Waals surface area (Å²) in [6.45, 7) is 1.19. The Balaban J connectivity index is 2.13. The van der Waals surface area contributed by atoms with Gasteiger partial charge in [0.05, 0.1) is 17.5 Å². The molecule has 1 aromatic carbocycles. The van der Waals surface area contributed by atoms with Gasteiger partial charge in [-0.05, 0) is 30.3 Å². The Morgan fingerprint density at radius 2 is 1.92 bits per heavy atom. The smallest absolute Gasteiger partial charge is 0.418 e. The molecule has 8 heteroatoms. The lowest BCUT2D eigenvalue weighted by molar-refractivity contribution is -0.137. The zero-order valence-corrected chi connectivity index (χ0v) is 12.7. The third-order valence-corrected chi connectivity index (χ3v) is 3.10. The van der Waals surface area contributed by atoms with Crippen LogP contribution in [0.1, 0.15) is 24.7 Å². The van der Waals surface area contributed by atoms with Gasteiger partial charge in [0.25, 0.3) is 0 Å². The largest absolute Gasteiger partial charge is 0.469 e. The summed E-state index contributed by atoms with van der Waals surface area (Å²) in [5.74, 6) is -0.482. The van der Waals surface area contributed by atoms with Crippen LogP contribution in [0.2, 0.25) is 0 Å². The Labute approximate surface area is 135 Å². The number of hydrogen-bond acceptors (Lipinski definition) is 3. The zero-order chi connectivity index (χ0) is 17.7. The van der Waals surface area contributed by atoms with Crippen molar-refractivity contribution >= 4 is 23.2 Å². The molecule has 2 rings (SSSR count). The standard InChI is InChI=1S/C16H15F3N2O3/c1-10(22)20-11-4-6-14(13(9-11)16(17,18)19)21-15(23)7-5-12-3-2-8-24-12/h2-4,6,8-9H,5,7H2,1H3,(H,20,22)(H,21,23). The Bertz CT molecular complexity index is 725. The monoisotopic (exact) mass is 340 g/mol. The van der Waals surface area contributed by atoms with Crippen LogP contribution in [0.5, 0.6) is 0 Å². The summed E-state index contributed by atoms with van der Waals surface area (Å²) in [5.41, 5.74) is -1.38. The van der Waals surface area contributed by atoms with Crippen LogP contribution in [-0.4, -0.2) is 11.8 Å². The van der Waals surface area contributed by atoms with Gasteiger partial charge in [-0.15, -0.1) is 0 Å². The first kappa shape index (κ1) is 17.6. The molecule has 0 saturated heterocycles. The van der Waals surface area contributed by atoms with Crippen LogP contribution in [0.25, 0.3) is 0 Å². The summed E-state index contributed by atoms with van der Waals surface area (Å²) in [7, 11) is 0. The van der Waals surface area contributed by atoms with Crippen molar-refractivity contribution in [3.05, 3.63) is 47.9 Å². The SMILES string of the molecule is CC(=O)Nc1ccc(NC(=O)CCc2ccco2)c(C(F)(F)F)c1. The van der Waals surface area contributed by atoms with E-state index >= 15 is 0 Å². The van der Waals surface area contributed by atoms with Gasteiger partial charge in [-0.25, -0.2) is 0 Å². The molecule has 2 N–H and O–H groups in total. The van der Waals surface area contributed by atoms with E-state index in [-0.39, 0.29) is 24.2 Å². The van der Waals surface area contributed by atoms with Crippen LogP contribution in [0.3, 0.4) is 0 Å². The van der Waals surface area contributed by atoms with E-state index in [9.17, 15) is 22.8 Å². The molecule has 2 amide bonds. The summed E-state index contributed by atoms with van der Waals surface area (Å²) in [6.07, 6.45) is -2.95. The number of furan rings is 1. The maximum absolute atomic E-state index is 13.1. The molecule has 5 nitrogen and oxygen atoms in total. The van der Waals surface area contributed by atoms with Crippen LogP contribution < -0.4 is 10.6 Å². The van der Waals surface area contributed by atoms with Crippen LogP contribution in [0.15, 0.2) is 41.0 Å². The quantitative estimate of drug-likeness (QED) is 0.869. The van der Waals surface area contributed by atoms with Gasteiger partial charge < -0.3 is 15.1 Å². The lowest BCUT2D eigenvalue weighted by atomic mass is 10.1. The van der Waals surface area contributed by atoms with Gasteiger partial charge in [0.2, 0.25) is 11.8 Å². The number of benzene rings is 1. The average molecular weight is 340 g/mol. The maximum atomic E-state index is 13.1. The molecule has 0 radical (unpaired) electrons. The first-order chi connectivity index (χ1) is 11.3. The highest BCUT2D eigenvalue weighted by atomic mass is 19.4. The average Bonchev–Trinajstić information content (AvgIpc) is 2.98. The van der Waals surface area contributed by atoms with Gasteiger partial charge in [-0.3, -0.25) is 9.59 Å². The Morgan fingerprint density at radius 1 is 1.17 bits per heavy atom. The van der Waals surface area contributed by atoms with Gasteiger partial charge in [0, 0.05) is 25.5 Å². The number of nitrogens with one attached hydrogen (secondary N) is 2. The zero-order valence-electron chi connectivity index (χ0n) is 12.7. The second-order valence-corrected chi connectivity index (χ2v) is 5.07. The molecule has 0 atom stereocenters. The van der Waals surface area contributed by atoms with E-state index < -0.39 is 23.6 Å². The predicted octanol–water partition coefficient (Wildman–Crippen LogP) is 3.83. The number of anilines is 2. The van der Waals surface area contributed by atoms with Gasteiger partial charge in [0.15, 0.2) is 0 Å². The third-order valence-electron chi connectivity index (χ3n) is 3.10. The summed E-state index contributed by atoms with van der Waals surface area (Å²) in [4.78, 5) is 22.8. The fourth-order valence-electron chi connectivity index (χ4n) is 2.07. The Kier molecular flexibility index (Phi) is 5.28. The van der Waals surface area contributed by atoms with E-state index in [1.54, 1.807) is 12.1 Å². The van der Waals surface area contributed by atoms with Crippen LogP contribution >= 0.6 is 0 Å². The van der Waals surface area contributed by atoms with E-state index in [1.807, 2.05) is 0 Å². The van der Waals surface area contributed by atoms with Crippen molar-refractivity contribution in [3.8, 4) is 0 Å². The first-order valence-electron chi connectivity index (χ1n) is 7.07. The molecule has 128 valence electrons. The van der Waals surface area contributed by atoms with Gasteiger partial charge >= 0.3 is 6.18 Å². The fraction of sp³-hybridized carbons (Fsp3) is 0.250.